The second-order valence-corrected chi connectivity index (χ2v) is 6.86. The Kier molecular flexibility index (Phi) is 4.04. The van der Waals surface area contributed by atoms with Crippen LogP contribution in [0.5, 0.6) is 0 Å². The topological polar surface area (TPSA) is 57.6 Å². The number of rotatable bonds is 2. The molecule has 1 aliphatic heterocycles. The van der Waals surface area contributed by atoms with E-state index in [2.05, 4.69) is 6.07 Å². The summed E-state index contributed by atoms with van der Waals surface area (Å²) in [6.07, 6.45) is 3.46. The van der Waals surface area contributed by atoms with E-state index in [4.69, 9.17) is 0 Å². The van der Waals surface area contributed by atoms with Crippen molar-refractivity contribution in [2.75, 3.05) is 6.54 Å². The molecule has 0 radical (unpaired) electrons. The van der Waals surface area contributed by atoms with Gasteiger partial charge in [0, 0.05) is 6.54 Å². The number of carbonyl (C=O) groups excluding carboxylic acids is 1. The maximum absolute atomic E-state index is 13.3. The predicted molar refractivity (Wildman–Crippen MR) is 94.4 cm³/mol. The second-order valence-electron chi connectivity index (χ2n) is 6.86. The van der Waals surface area contributed by atoms with Crippen LogP contribution in [0.4, 0.5) is 0 Å². The van der Waals surface area contributed by atoms with E-state index in [-0.39, 0.29) is 11.8 Å². The Morgan fingerprint density at radius 3 is 2.28 bits per heavy atom. The fourth-order valence-corrected chi connectivity index (χ4v) is 4.28. The van der Waals surface area contributed by atoms with Gasteiger partial charge in [0.1, 0.15) is 0 Å². The molecule has 1 aliphatic carbocycles. The van der Waals surface area contributed by atoms with E-state index < -0.39 is 12.0 Å². The van der Waals surface area contributed by atoms with Crippen LogP contribution < -0.4 is 0 Å². The highest BCUT2D eigenvalue weighted by Gasteiger charge is 2.39. The van der Waals surface area contributed by atoms with Gasteiger partial charge in [-0.25, -0.2) is 4.79 Å². The van der Waals surface area contributed by atoms with E-state index in [1.165, 1.54) is 5.56 Å². The quantitative estimate of drug-likeness (QED) is 0.916. The monoisotopic (exact) mass is 335 g/mol. The number of carboxylic acid groups (broad SMARTS) is 1. The Balaban J connectivity index is 1.70. The zero-order valence-corrected chi connectivity index (χ0v) is 14.0. The van der Waals surface area contributed by atoms with Gasteiger partial charge in [-0.3, -0.25) is 4.79 Å². The Morgan fingerprint density at radius 1 is 0.920 bits per heavy atom. The molecule has 2 aromatic carbocycles. The summed E-state index contributed by atoms with van der Waals surface area (Å²) >= 11 is 0. The van der Waals surface area contributed by atoms with Crippen LogP contribution in [-0.2, 0) is 22.4 Å². The number of fused-ring (bicyclic) bond motifs is 2. The van der Waals surface area contributed by atoms with Crippen molar-refractivity contribution < 1.29 is 14.7 Å². The Morgan fingerprint density at radius 2 is 1.56 bits per heavy atom. The lowest BCUT2D eigenvalue weighted by Crippen LogP contribution is -2.46. The van der Waals surface area contributed by atoms with Crippen LogP contribution in [0.2, 0.25) is 0 Å². The zero-order valence-electron chi connectivity index (χ0n) is 14.0. The third kappa shape index (κ3) is 2.72. The molecule has 0 saturated carbocycles. The van der Waals surface area contributed by atoms with Crippen LogP contribution in [0.15, 0.2) is 48.5 Å². The molecule has 0 bridgehead atoms. The van der Waals surface area contributed by atoms with Crippen molar-refractivity contribution in [1.29, 1.82) is 0 Å². The van der Waals surface area contributed by atoms with Crippen molar-refractivity contribution >= 4 is 11.9 Å². The van der Waals surface area contributed by atoms with E-state index in [1.807, 2.05) is 42.5 Å². The molecule has 4 rings (SSSR count). The molecule has 0 aromatic heterocycles. The molecule has 0 saturated heterocycles. The summed E-state index contributed by atoms with van der Waals surface area (Å²) in [6.45, 7) is 0.464. The first-order valence-corrected chi connectivity index (χ1v) is 8.85. The Labute approximate surface area is 147 Å². The fourth-order valence-electron chi connectivity index (χ4n) is 4.28. The van der Waals surface area contributed by atoms with Gasteiger partial charge in [-0.1, -0.05) is 48.5 Å². The summed E-state index contributed by atoms with van der Waals surface area (Å²) in [6, 6.07) is 14.7. The van der Waals surface area contributed by atoms with Crippen molar-refractivity contribution in [3.05, 3.63) is 70.8 Å². The summed E-state index contributed by atoms with van der Waals surface area (Å²) in [5.74, 6) is -1.23. The number of hydrogen-bond donors (Lipinski definition) is 1. The largest absolute Gasteiger partial charge is 0.479 e. The number of benzene rings is 2. The molecule has 1 heterocycles. The highest BCUT2D eigenvalue weighted by atomic mass is 16.4. The van der Waals surface area contributed by atoms with Crippen LogP contribution in [-0.4, -0.2) is 28.4 Å². The maximum atomic E-state index is 13.3. The van der Waals surface area contributed by atoms with E-state index in [9.17, 15) is 14.7 Å². The number of nitrogens with zero attached hydrogens (tertiary/aromatic N) is 1. The maximum Gasteiger partial charge on any atom is 0.331 e. The summed E-state index contributed by atoms with van der Waals surface area (Å²) in [5.41, 5.74) is 4.07. The number of carbonyl (C=O) groups is 2. The van der Waals surface area contributed by atoms with Crippen LogP contribution in [0.3, 0.4) is 0 Å². The zero-order chi connectivity index (χ0) is 17.4. The highest BCUT2D eigenvalue weighted by molar-refractivity contribution is 5.90. The first-order valence-electron chi connectivity index (χ1n) is 8.85. The number of carboxylic acids is 1. The van der Waals surface area contributed by atoms with Gasteiger partial charge in [0.15, 0.2) is 6.04 Å². The van der Waals surface area contributed by atoms with Gasteiger partial charge < -0.3 is 10.0 Å². The van der Waals surface area contributed by atoms with Gasteiger partial charge in [0.05, 0.1) is 5.92 Å². The minimum absolute atomic E-state index is 0.0472. The van der Waals surface area contributed by atoms with Crippen molar-refractivity contribution in [1.82, 2.24) is 4.90 Å². The van der Waals surface area contributed by atoms with Crippen LogP contribution >= 0.6 is 0 Å². The Bertz CT molecular complexity index is 829. The molecule has 2 atom stereocenters. The summed E-state index contributed by atoms with van der Waals surface area (Å²) < 4.78 is 0. The molecule has 4 heteroatoms. The summed E-state index contributed by atoms with van der Waals surface area (Å²) in [7, 11) is 0. The lowest BCUT2D eigenvalue weighted by molar-refractivity contribution is -0.152. The van der Waals surface area contributed by atoms with E-state index in [0.717, 1.165) is 36.0 Å². The number of hydrogen-bond acceptors (Lipinski definition) is 2. The van der Waals surface area contributed by atoms with E-state index in [0.29, 0.717) is 13.0 Å². The van der Waals surface area contributed by atoms with Gasteiger partial charge in [-0.15, -0.1) is 0 Å². The standard InChI is InChI=1S/C21H21NO3/c23-20(18-11-5-8-14-6-1-3-9-16(14)18)22-13-12-15-7-2-4-10-17(15)19(22)21(24)25/h1-4,6-7,9-10,18-19H,5,8,11-13H2,(H,24,25). The number of aliphatic carboxylic acids is 1. The highest BCUT2D eigenvalue weighted by Crippen LogP contribution is 2.37. The first kappa shape index (κ1) is 15.9. The van der Waals surface area contributed by atoms with Crippen LogP contribution in [0.25, 0.3) is 0 Å². The third-order valence-corrected chi connectivity index (χ3v) is 5.47. The van der Waals surface area contributed by atoms with Gasteiger partial charge >= 0.3 is 5.97 Å². The molecule has 2 aliphatic rings. The van der Waals surface area contributed by atoms with Gasteiger partial charge in [0.2, 0.25) is 5.91 Å². The fraction of sp³-hybridized carbons (Fsp3) is 0.333. The van der Waals surface area contributed by atoms with Gasteiger partial charge in [-0.2, -0.15) is 0 Å². The van der Waals surface area contributed by atoms with Crippen molar-refractivity contribution in [2.45, 2.75) is 37.6 Å². The molecule has 1 amide bonds. The van der Waals surface area contributed by atoms with Gasteiger partial charge in [0.25, 0.3) is 0 Å². The van der Waals surface area contributed by atoms with Crippen molar-refractivity contribution in [3.8, 4) is 0 Å². The molecule has 2 aromatic rings. The molecule has 2 unspecified atom stereocenters. The first-order chi connectivity index (χ1) is 12.2. The van der Waals surface area contributed by atoms with E-state index >= 15 is 0 Å². The minimum atomic E-state index is -0.954. The molecule has 1 N–H and O–H groups in total. The lowest BCUT2D eigenvalue weighted by Gasteiger charge is -2.38. The van der Waals surface area contributed by atoms with Crippen molar-refractivity contribution in [3.63, 3.8) is 0 Å². The average Bonchev–Trinajstić information content (AvgIpc) is 2.66. The second kappa shape index (κ2) is 6.36. The smallest absolute Gasteiger partial charge is 0.331 e. The third-order valence-electron chi connectivity index (χ3n) is 5.47. The molecule has 0 spiro atoms. The molecular weight excluding hydrogens is 314 g/mol. The minimum Gasteiger partial charge on any atom is -0.479 e. The normalized spacial score (nSPS) is 22.0. The van der Waals surface area contributed by atoms with E-state index in [1.54, 1.807) is 4.90 Å². The molecule has 128 valence electrons. The van der Waals surface area contributed by atoms with Gasteiger partial charge in [-0.05, 0) is 47.9 Å². The Hall–Kier alpha value is -2.62. The summed E-state index contributed by atoms with van der Waals surface area (Å²) in [4.78, 5) is 26.9. The molecular formula is C21H21NO3. The molecule has 4 nitrogen and oxygen atoms in total. The summed E-state index contributed by atoms with van der Waals surface area (Å²) in [5, 5.41) is 9.80. The lowest BCUT2D eigenvalue weighted by atomic mass is 9.81. The van der Waals surface area contributed by atoms with Crippen molar-refractivity contribution in [2.24, 2.45) is 0 Å². The number of aryl methyl sites for hydroxylation is 1. The SMILES string of the molecule is O=C(O)C1c2ccccc2CCN1C(=O)C1CCCc2ccccc21. The molecule has 0 fully saturated rings. The predicted octanol–water partition coefficient (Wildman–Crippen LogP) is 3.32. The molecule has 25 heavy (non-hydrogen) atoms. The van der Waals surface area contributed by atoms with Crippen LogP contribution in [0, 0.1) is 0 Å². The van der Waals surface area contributed by atoms with Crippen LogP contribution in [0.1, 0.15) is 47.1 Å². The number of amides is 1. The average molecular weight is 335 g/mol.